The summed E-state index contributed by atoms with van der Waals surface area (Å²) in [4.78, 5) is 35.3. The van der Waals surface area contributed by atoms with Crippen LogP contribution in [0.15, 0.2) is 48.5 Å². The van der Waals surface area contributed by atoms with Gasteiger partial charge in [-0.3, -0.25) is 4.79 Å². The van der Waals surface area contributed by atoms with Gasteiger partial charge in [-0.15, -0.1) is 0 Å². The Balaban J connectivity index is 2.14. The van der Waals surface area contributed by atoms with Crippen LogP contribution in [0, 0.1) is 0 Å². The van der Waals surface area contributed by atoms with Crippen molar-refractivity contribution in [2.45, 2.75) is 18.6 Å². The smallest absolute Gasteiger partial charge is 0.416 e. The minimum Gasteiger partial charge on any atom is -0.480 e. The van der Waals surface area contributed by atoms with Crippen LogP contribution >= 0.6 is 0 Å². The molecule has 0 aliphatic carbocycles. The van der Waals surface area contributed by atoms with E-state index in [-0.39, 0.29) is 17.5 Å². The summed E-state index contributed by atoms with van der Waals surface area (Å²) in [7, 11) is 1.18. The van der Waals surface area contributed by atoms with Gasteiger partial charge in [0.25, 0.3) is 5.91 Å². The van der Waals surface area contributed by atoms with Gasteiger partial charge in [-0.05, 0) is 35.9 Å². The number of hydrogen-bond donors (Lipinski definition) is 2. The number of carboxylic acids is 1. The molecule has 6 nitrogen and oxygen atoms in total. The second kappa shape index (κ2) is 8.55. The number of rotatable bonds is 6. The first-order valence-electron chi connectivity index (χ1n) is 8.00. The molecule has 0 aliphatic heterocycles. The molecule has 1 amide bonds. The van der Waals surface area contributed by atoms with Crippen molar-refractivity contribution in [1.82, 2.24) is 5.32 Å². The zero-order valence-electron chi connectivity index (χ0n) is 14.6. The van der Waals surface area contributed by atoms with Gasteiger partial charge in [0.1, 0.15) is 6.04 Å². The number of halogens is 3. The maximum absolute atomic E-state index is 12.6. The van der Waals surface area contributed by atoms with Crippen LogP contribution in [-0.4, -0.2) is 36.1 Å². The van der Waals surface area contributed by atoms with Crippen molar-refractivity contribution >= 4 is 17.8 Å². The molecule has 0 spiro atoms. The summed E-state index contributed by atoms with van der Waals surface area (Å²) in [5.74, 6) is -2.75. The zero-order valence-corrected chi connectivity index (χ0v) is 14.6. The van der Waals surface area contributed by atoms with Gasteiger partial charge in [0.2, 0.25) is 0 Å². The fourth-order valence-electron chi connectivity index (χ4n) is 2.41. The van der Waals surface area contributed by atoms with Crippen molar-refractivity contribution in [3.8, 4) is 0 Å². The summed E-state index contributed by atoms with van der Waals surface area (Å²) in [5, 5.41) is 11.6. The summed E-state index contributed by atoms with van der Waals surface area (Å²) >= 11 is 0. The number of carbonyl (C=O) groups is 3. The summed E-state index contributed by atoms with van der Waals surface area (Å²) < 4.78 is 42.4. The Bertz CT molecular complexity index is 878. The van der Waals surface area contributed by atoms with Gasteiger partial charge in [0.05, 0.1) is 18.2 Å². The van der Waals surface area contributed by atoms with Crippen LogP contribution in [-0.2, 0) is 22.1 Å². The lowest BCUT2D eigenvalue weighted by atomic mass is 10.0. The van der Waals surface area contributed by atoms with Crippen LogP contribution in [0.3, 0.4) is 0 Å². The van der Waals surface area contributed by atoms with Gasteiger partial charge >= 0.3 is 18.1 Å². The number of carbonyl (C=O) groups excluding carboxylic acids is 2. The standard InChI is InChI=1S/C19H16F3NO5/c1-28-18(27)13-4-2-3-12(10-13)16(24)23-15(17(25)26)9-11-5-7-14(8-6-11)19(20,21)22/h2-8,10,15H,9H2,1H3,(H,23,24)(H,25,26)/t15-/m0/s1. The molecule has 0 fully saturated rings. The van der Waals surface area contributed by atoms with E-state index >= 15 is 0 Å². The molecule has 0 aromatic heterocycles. The number of benzene rings is 2. The highest BCUT2D eigenvalue weighted by Gasteiger charge is 2.30. The number of amides is 1. The van der Waals surface area contributed by atoms with E-state index in [0.29, 0.717) is 5.56 Å². The Morgan fingerprint density at radius 1 is 1.07 bits per heavy atom. The fraction of sp³-hybridized carbons (Fsp3) is 0.211. The molecule has 0 radical (unpaired) electrons. The molecule has 2 N–H and O–H groups in total. The monoisotopic (exact) mass is 395 g/mol. The van der Waals surface area contributed by atoms with E-state index in [4.69, 9.17) is 0 Å². The van der Waals surface area contributed by atoms with E-state index in [1.807, 2.05) is 0 Å². The molecule has 28 heavy (non-hydrogen) atoms. The Labute approximate surface area is 157 Å². The summed E-state index contributed by atoms with van der Waals surface area (Å²) in [6.07, 6.45) is -4.71. The van der Waals surface area contributed by atoms with Crippen molar-refractivity contribution in [3.63, 3.8) is 0 Å². The molecular weight excluding hydrogens is 379 g/mol. The van der Waals surface area contributed by atoms with Crippen molar-refractivity contribution in [3.05, 3.63) is 70.8 Å². The average molecular weight is 395 g/mol. The first kappa shape index (κ1) is 20.9. The summed E-state index contributed by atoms with van der Waals surface area (Å²) in [6, 6.07) is 8.13. The Hall–Kier alpha value is -3.36. The highest BCUT2D eigenvalue weighted by atomic mass is 19.4. The maximum atomic E-state index is 12.6. The third kappa shape index (κ3) is 5.32. The van der Waals surface area contributed by atoms with Crippen LogP contribution in [0.4, 0.5) is 13.2 Å². The van der Waals surface area contributed by atoms with E-state index in [2.05, 4.69) is 10.1 Å². The molecule has 2 aromatic carbocycles. The minimum absolute atomic E-state index is 0.0431. The number of aliphatic carboxylic acids is 1. The van der Waals surface area contributed by atoms with Crippen LogP contribution in [0.25, 0.3) is 0 Å². The predicted octanol–water partition coefficient (Wildman–Crippen LogP) is 2.92. The molecule has 1 atom stereocenters. The van der Waals surface area contributed by atoms with E-state index < -0.39 is 35.6 Å². The van der Waals surface area contributed by atoms with Crippen molar-refractivity contribution in [1.29, 1.82) is 0 Å². The number of alkyl halides is 3. The second-order valence-corrected chi connectivity index (χ2v) is 5.84. The summed E-state index contributed by atoms with van der Waals surface area (Å²) in [6.45, 7) is 0. The van der Waals surface area contributed by atoms with Gasteiger partial charge in [0, 0.05) is 12.0 Å². The highest BCUT2D eigenvalue weighted by Crippen LogP contribution is 2.29. The summed E-state index contributed by atoms with van der Waals surface area (Å²) in [5.41, 5.74) is -0.387. The van der Waals surface area contributed by atoms with Crippen molar-refractivity contribution in [2.24, 2.45) is 0 Å². The van der Waals surface area contributed by atoms with Crippen LogP contribution in [0.5, 0.6) is 0 Å². The van der Waals surface area contributed by atoms with Gasteiger partial charge in [-0.25, -0.2) is 9.59 Å². The Morgan fingerprint density at radius 3 is 2.21 bits per heavy atom. The lowest BCUT2D eigenvalue weighted by Crippen LogP contribution is -2.42. The number of methoxy groups -OCH3 is 1. The molecule has 0 saturated heterocycles. The molecule has 0 bridgehead atoms. The zero-order chi connectivity index (χ0) is 20.9. The van der Waals surface area contributed by atoms with Crippen LogP contribution < -0.4 is 5.32 Å². The van der Waals surface area contributed by atoms with E-state index in [1.54, 1.807) is 0 Å². The molecule has 0 heterocycles. The topological polar surface area (TPSA) is 92.7 Å². The molecule has 2 rings (SSSR count). The van der Waals surface area contributed by atoms with Gasteiger partial charge < -0.3 is 15.2 Å². The molecule has 0 aliphatic rings. The Kier molecular flexibility index (Phi) is 6.40. The molecule has 2 aromatic rings. The largest absolute Gasteiger partial charge is 0.480 e. The third-order valence-corrected chi connectivity index (χ3v) is 3.87. The van der Waals surface area contributed by atoms with Gasteiger partial charge in [0.15, 0.2) is 0 Å². The number of esters is 1. The number of carboxylic acid groups (broad SMARTS) is 1. The maximum Gasteiger partial charge on any atom is 0.416 e. The van der Waals surface area contributed by atoms with Crippen molar-refractivity contribution in [2.75, 3.05) is 7.11 Å². The van der Waals surface area contributed by atoms with E-state index in [0.717, 1.165) is 24.3 Å². The quantitative estimate of drug-likeness (QED) is 0.734. The van der Waals surface area contributed by atoms with E-state index in [1.165, 1.54) is 31.4 Å². The minimum atomic E-state index is -4.50. The van der Waals surface area contributed by atoms with Crippen LogP contribution in [0.2, 0.25) is 0 Å². The predicted molar refractivity (Wildman–Crippen MR) is 91.8 cm³/mol. The van der Waals surface area contributed by atoms with E-state index in [9.17, 15) is 32.7 Å². The lowest BCUT2D eigenvalue weighted by Gasteiger charge is -2.15. The third-order valence-electron chi connectivity index (χ3n) is 3.87. The fourth-order valence-corrected chi connectivity index (χ4v) is 2.41. The number of hydrogen-bond acceptors (Lipinski definition) is 4. The molecule has 148 valence electrons. The first-order valence-corrected chi connectivity index (χ1v) is 8.00. The molecule has 9 heteroatoms. The normalized spacial score (nSPS) is 12.1. The molecule has 0 unspecified atom stereocenters. The number of nitrogens with one attached hydrogen (secondary N) is 1. The molecular formula is C19H16F3NO5. The first-order chi connectivity index (χ1) is 13.1. The lowest BCUT2D eigenvalue weighted by molar-refractivity contribution is -0.139. The van der Waals surface area contributed by atoms with Gasteiger partial charge in [-0.2, -0.15) is 13.2 Å². The Morgan fingerprint density at radius 2 is 1.68 bits per heavy atom. The highest BCUT2D eigenvalue weighted by molar-refractivity contribution is 5.99. The second-order valence-electron chi connectivity index (χ2n) is 5.84. The van der Waals surface area contributed by atoms with Crippen LogP contribution in [0.1, 0.15) is 31.8 Å². The SMILES string of the molecule is COC(=O)c1cccc(C(=O)N[C@@H](Cc2ccc(C(F)(F)F)cc2)C(=O)O)c1. The van der Waals surface area contributed by atoms with Gasteiger partial charge in [-0.1, -0.05) is 18.2 Å². The number of ether oxygens (including phenoxy) is 1. The molecule has 0 saturated carbocycles. The van der Waals surface area contributed by atoms with Crippen molar-refractivity contribution < 1.29 is 37.4 Å². The average Bonchev–Trinajstić information content (AvgIpc) is 2.66.